The predicted octanol–water partition coefficient (Wildman–Crippen LogP) is 3.93. The van der Waals surface area contributed by atoms with Crippen molar-refractivity contribution in [3.8, 4) is 11.5 Å². The highest BCUT2D eigenvalue weighted by atomic mass is 16.5. The second kappa shape index (κ2) is 7.53. The molecule has 1 fully saturated rings. The quantitative estimate of drug-likeness (QED) is 0.819. The Balaban J connectivity index is 2.05. The first-order valence-corrected chi connectivity index (χ1v) is 7.67. The molecule has 3 heteroatoms. The Labute approximate surface area is 122 Å². The van der Waals surface area contributed by atoms with Crippen LogP contribution in [0.4, 0.5) is 0 Å². The van der Waals surface area contributed by atoms with Gasteiger partial charge in [0, 0.05) is 12.1 Å². The van der Waals surface area contributed by atoms with Crippen LogP contribution in [0, 0.1) is 5.92 Å². The van der Waals surface area contributed by atoms with Gasteiger partial charge in [0.15, 0.2) is 0 Å². The number of benzene rings is 1. The van der Waals surface area contributed by atoms with Crippen molar-refractivity contribution in [3.05, 3.63) is 23.8 Å². The van der Waals surface area contributed by atoms with Crippen LogP contribution in [0.1, 0.15) is 50.1 Å². The second-order valence-electron chi connectivity index (χ2n) is 5.72. The summed E-state index contributed by atoms with van der Waals surface area (Å²) in [5, 5.41) is 3.43. The first-order chi connectivity index (χ1) is 9.76. The molecule has 112 valence electrons. The summed E-state index contributed by atoms with van der Waals surface area (Å²) in [7, 11) is 5.43. The fourth-order valence-corrected chi connectivity index (χ4v) is 3.21. The van der Waals surface area contributed by atoms with Crippen molar-refractivity contribution >= 4 is 0 Å². The van der Waals surface area contributed by atoms with E-state index in [1.54, 1.807) is 14.2 Å². The zero-order valence-corrected chi connectivity index (χ0v) is 12.9. The lowest BCUT2D eigenvalue weighted by Gasteiger charge is -2.20. The van der Waals surface area contributed by atoms with Crippen LogP contribution in [0.2, 0.25) is 0 Å². The van der Waals surface area contributed by atoms with Gasteiger partial charge in [-0.05, 0) is 43.5 Å². The molecule has 0 heterocycles. The molecule has 0 amide bonds. The molecule has 0 saturated heterocycles. The van der Waals surface area contributed by atoms with Crippen molar-refractivity contribution in [2.75, 3.05) is 21.3 Å². The molecule has 1 aromatic rings. The van der Waals surface area contributed by atoms with E-state index >= 15 is 0 Å². The van der Waals surface area contributed by atoms with Crippen LogP contribution in [-0.4, -0.2) is 21.3 Å². The Hall–Kier alpha value is -1.22. The monoisotopic (exact) mass is 277 g/mol. The summed E-state index contributed by atoms with van der Waals surface area (Å²) in [4.78, 5) is 0. The third-order valence-corrected chi connectivity index (χ3v) is 4.46. The Morgan fingerprint density at radius 2 is 1.70 bits per heavy atom. The van der Waals surface area contributed by atoms with E-state index in [2.05, 4.69) is 17.4 Å². The van der Waals surface area contributed by atoms with E-state index in [4.69, 9.17) is 9.47 Å². The van der Waals surface area contributed by atoms with Gasteiger partial charge in [-0.15, -0.1) is 0 Å². The molecule has 1 atom stereocenters. The average molecular weight is 277 g/mol. The smallest absolute Gasteiger partial charge is 0.122 e. The van der Waals surface area contributed by atoms with Crippen molar-refractivity contribution in [1.29, 1.82) is 0 Å². The summed E-state index contributed by atoms with van der Waals surface area (Å²) in [5.74, 6) is 2.65. The Morgan fingerprint density at radius 1 is 1.10 bits per heavy atom. The summed E-state index contributed by atoms with van der Waals surface area (Å²) < 4.78 is 10.7. The maximum absolute atomic E-state index is 5.36. The van der Waals surface area contributed by atoms with E-state index in [1.165, 1.54) is 44.1 Å². The van der Waals surface area contributed by atoms with E-state index in [9.17, 15) is 0 Å². The minimum atomic E-state index is 0.375. The minimum Gasteiger partial charge on any atom is -0.497 e. The van der Waals surface area contributed by atoms with Crippen LogP contribution >= 0.6 is 0 Å². The topological polar surface area (TPSA) is 30.5 Å². The molecule has 1 aromatic carbocycles. The molecule has 0 radical (unpaired) electrons. The lowest BCUT2D eigenvalue weighted by molar-refractivity contribution is 0.388. The lowest BCUT2D eigenvalue weighted by atomic mass is 9.94. The van der Waals surface area contributed by atoms with Gasteiger partial charge in [0.2, 0.25) is 0 Å². The molecule has 1 unspecified atom stereocenters. The molecule has 0 spiro atoms. The van der Waals surface area contributed by atoms with E-state index in [1.807, 2.05) is 13.1 Å². The highest BCUT2D eigenvalue weighted by Gasteiger charge is 2.18. The standard InChI is InChI=1S/C17H27NO2/c1-18-17(9-8-13-6-4-5-7-13)14-10-15(19-2)12-16(11-14)20-3/h10-13,17-18H,4-9H2,1-3H3. The number of hydrogen-bond donors (Lipinski definition) is 1. The van der Waals surface area contributed by atoms with Crippen molar-refractivity contribution in [2.24, 2.45) is 5.92 Å². The molecule has 20 heavy (non-hydrogen) atoms. The number of methoxy groups -OCH3 is 2. The molecule has 1 N–H and O–H groups in total. The van der Waals surface area contributed by atoms with Crippen molar-refractivity contribution < 1.29 is 9.47 Å². The fourth-order valence-electron chi connectivity index (χ4n) is 3.21. The number of hydrogen-bond acceptors (Lipinski definition) is 3. The van der Waals surface area contributed by atoms with Gasteiger partial charge in [0.1, 0.15) is 11.5 Å². The SMILES string of the molecule is CNC(CCC1CCCC1)c1cc(OC)cc(OC)c1. The first-order valence-electron chi connectivity index (χ1n) is 7.67. The van der Waals surface area contributed by atoms with Crippen molar-refractivity contribution in [2.45, 2.75) is 44.6 Å². The normalized spacial score (nSPS) is 17.1. The van der Waals surface area contributed by atoms with Gasteiger partial charge in [0.05, 0.1) is 14.2 Å². The maximum Gasteiger partial charge on any atom is 0.122 e. The minimum absolute atomic E-state index is 0.375. The zero-order valence-electron chi connectivity index (χ0n) is 12.9. The highest BCUT2D eigenvalue weighted by molar-refractivity contribution is 5.39. The van der Waals surface area contributed by atoms with Crippen molar-refractivity contribution in [3.63, 3.8) is 0 Å². The third-order valence-electron chi connectivity index (χ3n) is 4.46. The highest BCUT2D eigenvalue weighted by Crippen LogP contribution is 2.33. The van der Waals surface area contributed by atoms with Crippen LogP contribution in [0.15, 0.2) is 18.2 Å². The molecular weight excluding hydrogens is 250 g/mol. The van der Waals surface area contributed by atoms with Gasteiger partial charge in [-0.3, -0.25) is 0 Å². The molecule has 0 aromatic heterocycles. The predicted molar refractivity (Wildman–Crippen MR) is 82.5 cm³/mol. The number of rotatable bonds is 7. The van der Waals surface area contributed by atoms with Gasteiger partial charge < -0.3 is 14.8 Å². The van der Waals surface area contributed by atoms with E-state index in [0.29, 0.717) is 6.04 Å². The summed E-state index contributed by atoms with van der Waals surface area (Å²) >= 11 is 0. The van der Waals surface area contributed by atoms with Crippen LogP contribution in [-0.2, 0) is 0 Å². The van der Waals surface area contributed by atoms with Gasteiger partial charge >= 0.3 is 0 Å². The van der Waals surface area contributed by atoms with E-state index in [-0.39, 0.29) is 0 Å². The Kier molecular flexibility index (Phi) is 5.72. The van der Waals surface area contributed by atoms with Crippen LogP contribution in [0.5, 0.6) is 11.5 Å². The zero-order chi connectivity index (χ0) is 14.4. The number of nitrogens with one attached hydrogen (secondary N) is 1. The van der Waals surface area contributed by atoms with E-state index < -0.39 is 0 Å². The molecule has 0 aliphatic heterocycles. The molecule has 1 saturated carbocycles. The largest absolute Gasteiger partial charge is 0.497 e. The number of ether oxygens (including phenoxy) is 2. The summed E-state index contributed by atoms with van der Waals surface area (Å²) in [6.45, 7) is 0. The van der Waals surface area contributed by atoms with Crippen LogP contribution in [0.3, 0.4) is 0 Å². The second-order valence-corrected chi connectivity index (χ2v) is 5.72. The lowest BCUT2D eigenvalue weighted by Crippen LogP contribution is -2.17. The summed E-state index contributed by atoms with van der Waals surface area (Å²) in [6, 6.07) is 6.52. The molecule has 1 aliphatic carbocycles. The Morgan fingerprint density at radius 3 is 2.20 bits per heavy atom. The average Bonchev–Trinajstić information content (AvgIpc) is 3.00. The third kappa shape index (κ3) is 3.89. The van der Waals surface area contributed by atoms with Crippen LogP contribution in [0.25, 0.3) is 0 Å². The maximum atomic E-state index is 5.36. The molecule has 2 rings (SSSR count). The van der Waals surface area contributed by atoms with Gasteiger partial charge in [0.25, 0.3) is 0 Å². The first kappa shape index (κ1) is 15.2. The van der Waals surface area contributed by atoms with E-state index in [0.717, 1.165) is 17.4 Å². The Bertz CT molecular complexity index is 391. The molecule has 3 nitrogen and oxygen atoms in total. The molecule has 0 bridgehead atoms. The van der Waals surface area contributed by atoms with Gasteiger partial charge in [-0.2, -0.15) is 0 Å². The van der Waals surface area contributed by atoms with Crippen LogP contribution < -0.4 is 14.8 Å². The van der Waals surface area contributed by atoms with Crippen molar-refractivity contribution in [1.82, 2.24) is 5.32 Å². The molecular formula is C17H27NO2. The van der Waals surface area contributed by atoms with Gasteiger partial charge in [-0.25, -0.2) is 0 Å². The summed E-state index contributed by atoms with van der Waals surface area (Å²) in [6.07, 6.45) is 8.15. The fraction of sp³-hybridized carbons (Fsp3) is 0.647. The summed E-state index contributed by atoms with van der Waals surface area (Å²) in [5.41, 5.74) is 1.25. The van der Waals surface area contributed by atoms with Gasteiger partial charge in [-0.1, -0.05) is 25.7 Å². The molecule has 1 aliphatic rings.